The minimum atomic E-state index is -0.988. The summed E-state index contributed by atoms with van der Waals surface area (Å²) in [6, 6.07) is 4.90. The van der Waals surface area contributed by atoms with Crippen molar-refractivity contribution < 1.29 is 13.6 Å². The van der Waals surface area contributed by atoms with E-state index in [1.807, 2.05) is 0 Å². The number of rotatable bonds is 3. The smallest absolute Gasteiger partial charge is 0.228 e. The number of hydrogen-bond acceptors (Lipinski definition) is 2. The molecule has 0 saturated heterocycles. The molecule has 0 aliphatic carbocycles. The van der Waals surface area contributed by atoms with E-state index in [1.54, 1.807) is 6.07 Å². The number of nitrogens with zero attached hydrogens (tertiary/aromatic N) is 1. The highest BCUT2D eigenvalue weighted by Crippen LogP contribution is 2.23. The molecule has 0 saturated carbocycles. The zero-order valence-electron chi connectivity index (χ0n) is 9.96. The zero-order valence-corrected chi connectivity index (χ0v) is 12.3. The first-order valence-corrected chi connectivity index (χ1v) is 6.67. The van der Waals surface area contributed by atoms with Crippen LogP contribution in [-0.2, 0) is 11.2 Å². The number of amides is 1. The van der Waals surface area contributed by atoms with Gasteiger partial charge in [-0.2, -0.15) is 0 Å². The summed E-state index contributed by atoms with van der Waals surface area (Å²) in [4.78, 5) is 15.7. The number of carbonyl (C=O) groups is 1. The topological polar surface area (TPSA) is 42.0 Å². The highest BCUT2D eigenvalue weighted by atomic mass is 79.9. The summed E-state index contributed by atoms with van der Waals surface area (Å²) in [5.41, 5.74) is 0.703. The molecule has 1 aromatic carbocycles. The van der Waals surface area contributed by atoms with Crippen molar-refractivity contribution in [3.63, 3.8) is 0 Å². The van der Waals surface area contributed by atoms with Crippen molar-refractivity contribution in [2.45, 2.75) is 6.42 Å². The lowest BCUT2D eigenvalue weighted by Crippen LogP contribution is -2.15. The van der Waals surface area contributed by atoms with Crippen LogP contribution < -0.4 is 5.32 Å². The Kier molecular flexibility index (Phi) is 4.67. The average molecular weight is 362 g/mol. The molecule has 1 amide bonds. The van der Waals surface area contributed by atoms with Crippen LogP contribution in [0.4, 0.5) is 14.5 Å². The van der Waals surface area contributed by atoms with Crippen molar-refractivity contribution in [3.8, 4) is 0 Å². The van der Waals surface area contributed by atoms with E-state index in [0.717, 1.165) is 12.1 Å². The minimum Gasteiger partial charge on any atom is -0.323 e. The van der Waals surface area contributed by atoms with Crippen molar-refractivity contribution >= 4 is 39.1 Å². The van der Waals surface area contributed by atoms with E-state index in [-0.39, 0.29) is 11.6 Å². The van der Waals surface area contributed by atoms with Crippen molar-refractivity contribution in [1.82, 2.24) is 4.98 Å². The van der Waals surface area contributed by atoms with Crippen LogP contribution in [0.2, 0.25) is 5.15 Å². The average Bonchev–Trinajstić information content (AvgIpc) is 2.38. The van der Waals surface area contributed by atoms with E-state index < -0.39 is 17.5 Å². The van der Waals surface area contributed by atoms with Crippen LogP contribution in [0, 0.1) is 11.6 Å². The fraction of sp³-hybridized carbons (Fsp3) is 0.0769. The molecule has 0 aliphatic heterocycles. The number of anilines is 1. The Morgan fingerprint density at radius 2 is 2.05 bits per heavy atom. The van der Waals surface area contributed by atoms with Gasteiger partial charge in [-0.3, -0.25) is 4.79 Å². The number of hydrogen-bond donors (Lipinski definition) is 1. The first-order valence-electron chi connectivity index (χ1n) is 5.50. The molecule has 20 heavy (non-hydrogen) atoms. The molecule has 0 aliphatic rings. The summed E-state index contributed by atoms with van der Waals surface area (Å²) < 4.78 is 26.5. The predicted molar refractivity (Wildman–Crippen MR) is 75.6 cm³/mol. The largest absolute Gasteiger partial charge is 0.323 e. The maximum atomic E-state index is 13.0. The molecule has 3 nitrogen and oxygen atoms in total. The van der Waals surface area contributed by atoms with Gasteiger partial charge in [0.05, 0.1) is 12.1 Å². The monoisotopic (exact) mass is 360 g/mol. The summed E-state index contributed by atoms with van der Waals surface area (Å²) in [6.45, 7) is 0. The number of nitrogens with one attached hydrogen (secondary N) is 1. The van der Waals surface area contributed by atoms with E-state index >= 15 is 0 Å². The number of aromatic nitrogens is 1. The van der Waals surface area contributed by atoms with Crippen molar-refractivity contribution in [1.29, 1.82) is 0 Å². The lowest BCUT2D eigenvalue weighted by atomic mass is 10.1. The highest BCUT2D eigenvalue weighted by molar-refractivity contribution is 9.10. The molecule has 0 atom stereocenters. The first-order chi connectivity index (χ1) is 9.45. The van der Waals surface area contributed by atoms with Gasteiger partial charge in [0.2, 0.25) is 5.91 Å². The lowest BCUT2D eigenvalue weighted by molar-refractivity contribution is -0.115. The maximum absolute atomic E-state index is 13.0. The molecule has 1 heterocycles. The summed E-state index contributed by atoms with van der Waals surface area (Å²) >= 11 is 9.04. The Hall–Kier alpha value is -1.53. The summed E-state index contributed by atoms with van der Waals surface area (Å²) in [5.74, 6) is -2.34. The molecule has 0 unspecified atom stereocenters. The normalized spacial score (nSPS) is 10.4. The second kappa shape index (κ2) is 6.28. The van der Waals surface area contributed by atoms with E-state index in [0.29, 0.717) is 15.7 Å². The third kappa shape index (κ3) is 3.74. The van der Waals surface area contributed by atoms with Gasteiger partial charge in [0, 0.05) is 10.7 Å². The Morgan fingerprint density at radius 1 is 1.30 bits per heavy atom. The highest BCUT2D eigenvalue weighted by Gasteiger charge is 2.10. The summed E-state index contributed by atoms with van der Waals surface area (Å²) in [5, 5.41) is 2.70. The van der Waals surface area contributed by atoms with Crippen LogP contribution >= 0.6 is 27.5 Å². The van der Waals surface area contributed by atoms with Crippen molar-refractivity contribution in [2.24, 2.45) is 0 Å². The van der Waals surface area contributed by atoms with Gasteiger partial charge in [0.15, 0.2) is 16.8 Å². The fourth-order valence-electron chi connectivity index (χ4n) is 1.54. The van der Waals surface area contributed by atoms with Crippen LogP contribution in [0.3, 0.4) is 0 Å². The van der Waals surface area contributed by atoms with Crippen molar-refractivity contribution in [2.75, 3.05) is 5.32 Å². The molecule has 104 valence electrons. The van der Waals surface area contributed by atoms with Crippen LogP contribution in [0.25, 0.3) is 0 Å². The summed E-state index contributed by atoms with van der Waals surface area (Å²) in [6.07, 6.45) is 1.40. The molecular weight excluding hydrogens is 354 g/mol. The molecule has 2 aromatic rings. The van der Waals surface area contributed by atoms with Gasteiger partial charge in [-0.25, -0.2) is 13.8 Å². The maximum Gasteiger partial charge on any atom is 0.228 e. The van der Waals surface area contributed by atoms with Gasteiger partial charge < -0.3 is 5.32 Å². The fourth-order valence-corrected chi connectivity index (χ4v) is 2.02. The van der Waals surface area contributed by atoms with Gasteiger partial charge in [-0.15, -0.1) is 0 Å². The van der Waals surface area contributed by atoms with E-state index in [9.17, 15) is 13.6 Å². The standard InChI is InChI=1S/C13H8BrClF2N2O/c14-8-5-11(13(15)18-6-8)19-12(20)4-7-1-2-9(16)10(17)3-7/h1-3,5-6H,4H2,(H,19,20). The molecule has 0 radical (unpaired) electrons. The van der Waals surface area contributed by atoms with Crippen LogP contribution in [-0.4, -0.2) is 10.9 Å². The molecule has 1 N–H and O–H groups in total. The molecule has 7 heteroatoms. The lowest BCUT2D eigenvalue weighted by Gasteiger charge is -2.07. The second-order valence-corrected chi connectivity index (χ2v) is 5.24. The molecule has 0 fully saturated rings. The Balaban J connectivity index is 2.09. The van der Waals surface area contributed by atoms with Gasteiger partial charge in [-0.1, -0.05) is 17.7 Å². The van der Waals surface area contributed by atoms with Crippen molar-refractivity contribution in [3.05, 3.63) is 57.3 Å². The van der Waals surface area contributed by atoms with E-state index in [1.165, 1.54) is 12.3 Å². The quantitative estimate of drug-likeness (QED) is 0.841. The van der Waals surface area contributed by atoms with Gasteiger partial charge in [-0.05, 0) is 39.7 Å². The SMILES string of the molecule is O=C(Cc1ccc(F)c(F)c1)Nc1cc(Br)cnc1Cl. The van der Waals surface area contributed by atoms with E-state index in [2.05, 4.69) is 26.2 Å². The van der Waals surface area contributed by atoms with Gasteiger partial charge in [0.25, 0.3) is 0 Å². The number of carbonyl (C=O) groups excluding carboxylic acids is 1. The zero-order chi connectivity index (χ0) is 14.7. The third-order valence-electron chi connectivity index (χ3n) is 2.43. The minimum absolute atomic E-state index is 0.0972. The predicted octanol–water partition coefficient (Wildman–Crippen LogP) is 3.96. The second-order valence-electron chi connectivity index (χ2n) is 3.97. The number of pyridine rings is 1. The van der Waals surface area contributed by atoms with Gasteiger partial charge in [0.1, 0.15) is 0 Å². The summed E-state index contributed by atoms with van der Waals surface area (Å²) in [7, 11) is 0. The van der Waals surface area contributed by atoms with Crippen LogP contribution in [0.1, 0.15) is 5.56 Å². The molecular formula is C13H8BrClF2N2O. The Bertz CT molecular complexity index is 667. The first kappa shape index (κ1) is 14.9. The molecule has 2 rings (SSSR count). The molecule has 0 bridgehead atoms. The molecule has 0 spiro atoms. The van der Waals surface area contributed by atoms with Crippen LogP contribution in [0.15, 0.2) is 34.9 Å². The van der Waals surface area contributed by atoms with Gasteiger partial charge >= 0.3 is 0 Å². The Labute approximate surface area is 127 Å². The van der Waals surface area contributed by atoms with E-state index in [4.69, 9.17) is 11.6 Å². The third-order valence-corrected chi connectivity index (χ3v) is 3.16. The van der Waals surface area contributed by atoms with Crippen LogP contribution in [0.5, 0.6) is 0 Å². The number of halogens is 4. The molecule has 1 aromatic heterocycles. The number of benzene rings is 1. The Morgan fingerprint density at radius 3 is 2.75 bits per heavy atom.